The average molecular weight is 453 g/mol. The number of hydrogen-bond donors (Lipinski definition) is 4. The molecule has 4 N–H and O–H groups in total. The summed E-state index contributed by atoms with van der Waals surface area (Å²) in [4.78, 5) is 10.9. The molecule has 1 aromatic carbocycles. The molecule has 6 nitrogen and oxygen atoms in total. The summed E-state index contributed by atoms with van der Waals surface area (Å²) in [6.07, 6.45) is 2.10. The van der Waals surface area contributed by atoms with Crippen LogP contribution in [0.5, 0.6) is 5.75 Å². The van der Waals surface area contributed by atoms with Crippen molar-refractivity contribution in [2.45, 2.75) is 32.0 Å². The normalized spacial score (nSPS) is 14.0. The molecule has 0 fully saturated rings. The number of rotatable bonds is 8. The van der Waals surface area contributed by atoms with Gasteiger partial charge in [-0.05, 0) is 47.8 Å². The van der Waals surface area contributed by atoms with E-state index in [0.29, 0.717) is 34.0 Å². The van der Waals surface area contributed by atoms with Crippen molar-refractivity contribution in [1.29, 1.82) is 0 Å². The van der Waals surface area contributed by atoms with Gasteiger partial charge in [0.25, 0.3) is 5.91 Å². The van der Waals surface area contributed by atoms with Crippen LogP contribution < -0.4 is 5.48 Å². The molecular formula is C15H19Br2NO5. The summed E-state index contributed by atoms with van der Waals surface area (Å²) in [5, 5.41) is 29.0. The van der Waals surface area contributed by atoms with E-state index in [2.05, 4.69) is 31.9 Å². The SMILES string of the molecule is CCO[C@H](CC/C=C/C(=O)NO)[C@H](O)c1cc(Br)cc(Br)c1O. The molecule has 0 aliphatic carbocycles. The Morgan fingerprint density at radius 2 is 2.13 bits per heavy atom. The van der Waals surface area contributed by atoms with E-state index in [1.807, 2.05) is 6.92 Å². The lowest BCUT2D eigenvalue weighted by molar-refractivity contribution is -0.124. The zero-order valence-electron chi connectivity index (χ0n) is 12.5. The lowest BCUT2D eigenvalue weighted by atomic mass is 9.99. The first-order valence-corrected chi connectivity index (χ1v) is 8.57. The van der Waals surface area contributed by atoms with Gasteiger partial charge in [0.2, 0.25) is 0 Å². The van der Waals surface area contributed by atoms with Crippen LogP contribution >= 0.6 is 31.9 Å². The summed E-state index contributed by atoms with van der Waals surface area (Å²) in [6.45, 7) is 2.21. The van der Waals surface area contributed by atoms with Crippen LogP contribution in [0.2, 0.25) is 0 Å². The molecule has 0 radical (unpaired) electrons. The fourth-order valence-electron chi connectivity index (χ4n) is 2.05. The van der Waals surface area contributed by atoms with E-state index in [9.17, 15) is 15.0 Å². The van der Waals surface area contributed by atoms with E-state index in [1.165, 1.54) is 11.6 Å². The number of benzene rings is 1. The van der Waals surface area contributed by atoms with Gasteiger partial charge in [-0.25, -0.2) is 5.48 Å². The van der Waals surface area contributed by atoms with Gasteiger partial charge in [0.05, 0.1) is 10.6 Å². The van der Waals surface area contributed by atoms with Crippen molar-refractivity contribution in [2.75, 3.05) is 6.61 Å². The Kier molecular flexibility index (Phi) is 8.78. The van der Waals surface area contributed by atoms with Gasteiger partial charge in [-0.1, -0.05) is 22.0 Å². The molecule has 1 rings (SSSR count). The molecule has 0 heterocycles. The van der Waals surface area contributed by atoms with Crippen molar-refractivity contribution in [1.82, 2.24) is 5.48 Å². The van der Waals surface area contributed by atoms with Gasteiger partial charge in [-0.15, -0.1) is 0 Å². The third-order valence-electron chi connectivity index (χ3n) is 3.11. The Balaban J connectivity index is 2.84. The third-order valence-corrected chi connectivity index (χ3v) is 4.17. The van der Waals surface area contributed by atoms with Crippen molar-refractivity contribution >= 4 is 37.8 Å². The van der Waals surface area contributed by atoms with Gasteiger partial charge in [-0.2, -0.15) is 0 Å². The molecule has 0 bridgehead atoms. The maximum Gasteiger partial charge on any atom is 0.267 e. The first-order valence-electron chi connectivity index (χ1n) is 6.98. The second-order valence-electron chi connectivity index (χ2n) is 4.72. The van der Waals surface area contributed by atoms with E-state index in [-0.39, 0.29) is 5.75 Å². The van der Waals surface area contributed by atoms with Crippen molar-refractivity contribution in [3.63, 3.8) is 0 Å². The second kappa shape index (κ2) is 10.0. The number of phenols is 1. The van der Waals surface area contributed by atoms with Crippen molar-refractivity contribution in [2.24, 2.45) is 0 Å². The monoisotopic (exact) mass is 451 g/mol. The van der Waals surface area contributed by atoms with E-state index in [0.717, 1.165) is 0 Å². The summed E-state index contributed by atoms with van der Waals surface area (Å²) in [5.74, 6) is -0.660. The minimum atomic E-state index is -1.02. The summed E-state index contributed by atoms with van der Waals surface area (Å²) in [7, 11) is 0. The molecule has 0 saturated carbocycles. The molecular weight excluding hydrogens is 434 g/mol. The molecule has 0 saturated heterocycles. The van der Waals surface area contributed by atoms with Crippen LogP contribution in [-0.2, 0) is 9.53 Å². The predicted octanol–water partition coefficient (Wildman–Crippen LogP) is 3.20. The second-order valence-corrected chi connectivity index (χ2v) is 6.49. The molecule has 0 aliphatic rings. The zero-order chi connectivity index (χ0) is 17.4. The smallest absolute Gasteiger partial charge is 0.267 e. The predicted molar refractivity (Wildman–Crippen MR) is 92.2 cm³/mol. The first-order chi connectivity index (χ1) is 10.9. The molecule has 128 valence electrons. The molecule has 0 aliphatic heterocycles. The number of hydroxylamine groups is 1. The number of aromatic hydroxyl groups is 1. The highest BCUT2D eigenvalue weighted by atomic mass is 79.9. The molecule has 2 atom stereocenters. The third kappa shape index (κ3) is 6.23. The van der Waals surface area contributed by atoms with Crippen LogP contribution in [0, 0.1) is 0 Å². The molecule has 0 spiro atoms. The number of halogens is 2. The van der Waals surface area contributed by atoms with Crippen LogP contribution in [-0.4, -0.2) is 34.0 Å². The van der Waals surface area contributed by atoms with E-state index >= 15 is 0 Å². The molecule has 0 aromatic heterocycles. The number of nitrogens with one attached hydrogen (secondary N) is 1. The number of carbonyl (C=O) groups is 1. The maximum atomic E-state index is 10.9. The topological polar surface area (TPSA) is 99.0 Å². The summed E-state index contributed by atoms with van der Waals surface area (Å²) in [6, 6.07) is 3.31. The van der Waals surface area contributed by atoms with E-state index in [4.69, 9.17) is 9.94 Å². The highest BCUT2D eigenvalue weighted by Crippen LogP contribution is 2.37. The Hall–Kier alpha value is -0.930. The van der Waals surface area contributed by atoms with Gasteiger partial charge in [0.15, 0.2) is 0 Å². The number of carbonyl (C=O) groups excluding carboxylic acids is 1. The van der Waals surface area contributed by atoms with Crippen LogP contribution in [0.1, 0.15) is 31.4 Å². The summed E-state index contributed by atoms with van der Waals surface area (Å²) < 4.78 is 6.73. The van der Waals surface area contributed by atoms with Crippen molar-refractivity contribution in [3.8, 4) is 5.75 Å². The molecule has 23 heavy (non-hydrogen) atoms. The Bertz CT molecular complexity index is 565. The summed E-state index contributed by atoms with van der Waals surface area (Å²) in [5.41, 5.74) is 1.85. The molecule has 1 amide bonds. The number of allylic oxidation sites excluding steroid dienone is 1. The van der Waals surface area contributed by atoms with E-state index in [1.54, 1.807) is 18.2 Å². The lowest BCUT2D eigenvalue weighted by Crippen LogP contribution is -2.22. The quantitative estimate of drug-likeness (QED) is 0.276. The number of phenolic OH excluding ortho intramolecular Hbond substituents is 1. The highest BCUT2D eigenvalue weighted by molar-refractivity contribution is 9.11. The van der Waals surface area contributed by atoms with Crippen molar-refractivity contribution in [3.05, 3.63) is 38.8 Å². The minimum absolute atomic E-state index is 0.0411. The number of aliphatic hydroxyl groups is 1. The molecule has 0 unspecified atom stereocenters. The van der Waals surface area contributed by atoms with E-state index < -0.39 is 18.1 Å². The standard InChI is InChI=1S/C15H19Br2NO5/c1-2-23-12(5-3-4-6-13(19)18-22)15(21)10-7-9(16)8-11(17)14(10)20/h4,6-8,12,15,20-22H,2-3,5H2,1H3,(H,18,19)/b6-4+/t12-,15-/m1/s1. The minimum Gasteiger partial charge on any atom is -0.506 e. The first kappa shape index (κ1) is 20.1. The van der Waals surface area contributed by atoms with Crippen LogP contribution in [0.25, 0.3) is 0 Å². The zero-order valence-corrected chi connectivity index (χ0v) is 15.7. The van der Waals surface area contributed by atoms with Gasteiger partial charge < -0.3 is 14.9 Å². The fraction of sp³-hybridized carbons (Fsp3) is 0.400. The highest BCUT2D eigenvalue weighted by Gasteiger charge is 2.24. The van der Waals surface area contributed by atoms with Crippen LogP contribution in [0.15, 0.2) is 33.2 Å². The number of aliphatic hydroxyl groups excluding tert-OH is 1. The van der Waals surface area contributed by atoms with Gasteiger partial charge in [-0.3, -0.25) is 10.0 Å². The number of ether oxygens (including phenoxy) is 1. The van der Waals surface area contributed by atoms with Gasteiger partial charge in [0, 0.05) is 22.7 Å². The van der Waals surface area contributed by atoms with Crippen molar-refractivity contribution < 1.29 is 25.0 Å². The Morgan fingerprint density at radius 1 is 1.43 bits per heavy atom. The number of hydrogen-bond acceptors (Lipinski definition) is 5. The number of amides is 1. The van der Waals surface area contributed by atoms with Crippen LogP contribution in [0.4, 0.5) is 0 Å². The maximum absolute atomic E-state index is 10.9. The molecule has 8 heteroatoms. The van der Waals surface area contributed by atoms with Gasteiger partial charge >= 0.3 is 0 Å². The molecule has 1 aromatic rings. The average Bonchev–Trinajstić information content (AvgIpc) is 2.52. The fourth-order valence-corrected chi connectivity index (χ4v) is 3.30. The van der Waals surface area contributed by atoms with Gasteiger partial charge in [0.1, 0.15) is 11.9 Å². The summed E-state index contributed by atoms with van der Waals surface area (Å²) >= 11 is 6.55. The Labute approximate surface area is 151 Å². The largest absolute Gasteiger partial charge is 0.506 e. The van der Waals surface area contributed by atoms with Crippen LogP contribution in [0.3, 0.4) is 0 Å². The Morgan fingerprint density at radius 3 is 2.74 bits per heavy atom. The lowest BCUT2D eigenvalue weighted by Gasteiger charge is -2.24.